The van der Waals surface area contributed by atoms with Crippen molar-refractivity contribution in [1.82, 2.24) is 0 Å². The fraction of sp³-hybridized carbons (Fsp3) is 0.909. The molecular formula is C11H19BO7PTh-. The summed E-state index contributed by atoms with van der Waals surface area (Å²) in [5, 5.41) is 18.7. The van der Waals surface area contributed by atoms with Crippen LogP contribution in [0.25, 0.3) is 0 Å². The van der Waals surface area contributed by atoms with Crippen LogP contribution in [0.1, 0.15) is 12.8 Å². The van der Waals surface area contributed by atoms with Crippen LogP contribution in [0.3, 0.4) is 0 Å². The maximum Gasteiger partial charge on any atom is 0.328 e. The van der Waals surface area contributed by atoms with Crippen molar-refractivity contribution >= 4 is 15.4 Å². The van der Waals surface area contributed by atoms with Crippen molar-refractivity contribution in [2.45, 2.75) is 43.3 Å². The van der Waals surface area contributed by atoms with Gasteiger partial charge in [0.15, 0.2) is 0 Å². The van der Waals surface area contributed by atoms with Crippen molar-refractivity contribution in [3.05, 3.63) is 6.61 Å². The van der Waals surface area contributed by atoms with Crippen LogP contribution in [-0.4, -0.2) is 68.4 Å². The van der Waals surface area contributed by atoms with Crippen LogP contribution in [-0.2, 0) is 23.1 Å². The first-order valence-electron chi connectivity index (χ1n) is 6.49. The van der Waals surface area contributed by atoms with Gasteiger partial charge in [0.25, 0.3) is 0 Å². The Morgan fingerprint density at radius 3 is 2.76 bits per heavy atom. The van der Waals surface area contributed by atoms with E-state index in [1.807, 2.05) is 0 Å². The van der Waals surface area contributed by atoms with Gasteiger partial charge in [-0.05, 0) is 6.42 Å². The van der Waals surface area contributed by atoms with Gasteiger partial charge < -0.3 is 28.7 Å². The normalized spacial score (nSPS) is 38.9. The minimum absolute atomic E-state index is 0. The fourth-order valence-corrected chi connectivity index (χ4v) is 3.37. The molecule has 2 heterocycles. The molecule has 2 fully saturated rings. The largest absolute Gasteiger partial charge is 0.546 e. The molecule has 0 spiro atoms. The summed E-state index contributed by atoms with van der Waals surface area (Å²) >= 11 is 0. The first-order valence-corrected chi connectivity index (χ1v) is 8.48. The molecular weight excluding hydrogens is 518 g/mol. The fourth-order valence-electron chi connectivity index (χ4n) is 2.18. The van der Waals surface area contributed by atoms with Crippen molar-refractivity contribution in [2.75, 3.05) is 19.9 Å². The minimum atomic E-state index is -3.35. The van der Waals surface area contributed by atoms with Gasteiger partial charge in [-0.2, -0.15) is 0 Å². The molecule has 0 aliphatic carbocycles. The van der Waals surface area contributed by atoms with Crippen LogP contribution in [0.15, 0.2) is 0 Å². The van der Waals surface area contributed by atoms with E-state index in [0.717, 1.165) is 0 Å². The summed E-state index contributed by atoms with van der Waals surface area (Å²) in [5.41, 5.74) is 0. The van der Waals surface area contributed by atoms with Crippen molar-refractivity contribution < 1.29 is 73.2 Å². The van der Waals surface area contributed by atoms with E-state index in [0.29, 0.717) is 12.8 Å². The summed E-state index contributed by atoms with van der Waals surface area (Å²) in [6.45, 7) is 2.52. The van der Waals surface area contributed by atoms with Crippen LogP contribution >= 0.6 is 7.60 Å². The zero-order valence-corrected chi connectivity index (χ0v) is 16.8. The van der Waals surface area contributed by atoms with Gasteiger partial charge in [-0.3, -0.25) is 4.57 Å². The van der Waals surface area contributed by atoms with E-state index in [-0.39, 0.29) is 53.2 Å². The summed E-state index contributed by atoms with van der Waals surface area (Å²) in [4.78, 5) is 0. The quantitative estimate of drug-likeness (QED) is 0.276. The third-order valence-electron chi connectivity index (χ3n) is 3.25. The summed E-state index contributed by atoms with van der Waals surface area (Å²) in [5.74, 6) is 0. The Morgan fingerprint density at radius 1 is 1.48 bits per heavy atom. The van der Waals surface area contributed by atoms with Gasteiger partial charge in [0.1, 0.15) is 14.0 Å². The molecule has 118 valence electrons. The van der Waals surface area contributed by atoms with Gasteiger partial charge in [0, 0.05) is 52.6 Å². The molecule has 21 heavy (non-hydrogen) atoms. The Bertz CT molecular complexity index is 374. The van der Waals surface area contributed by atoms with E-state index in [1.54, 1.807) is 0 Å². The second-order valence-corrected chi connectivity index (χ2v) is 7.00. The van der Waals surface area contributed by atoms with Gasteiger partial charge in [-0.25, -0.2) is 6.61 Å². The van der Waals surface area contributed by atoms with E-state index in [9.17, 15) is 9.67 Å². The monoisotopic (exact) mass is 537 g/mol. The Hall–Kier alpha value is 1.38. The number of hydrogen-bond acceptors (Lipinski definition) is 7. The maximum absolute atomic E-state index is 12.2. The molecule has 2 aliphatic rings. The SMILES string of the molecule is [B][C@H]1CC(O[P@@](C)(=O)OC[C@H]2O[CH-]CC2O)[C@@H](CO)O1.[Th]. The number of hydrogen-bond donors (Lipinski definition) is 2. The molecule has 0 bridgehead atoms. The van der Waals surface area contributed by atoms with Gasteiger partial charge in [-0.1, -0.05) is 0 Å². The Kier molecular flexibility index (Phi) is 8.77. The summed E-state index contributed by atoms with van der Waals surface area (Å²) in [6.07, 6.45) is -1.63. The Balaban J connectivity index is 0.00000220. The second-order valence-electron chi connectivity index (χ2n) is 4.99. The van der Waals surface area contributed by atoms with E-state index in [1.165, 1.54) is 13.3 Å². The van der Waals surface area contributed by atoms with Crippen molar-refractivity contribution in [1.29, 1.82) is 0 Å². The predicted molar refractivity (Wildman–Crippen MR) is 70.3 cm³/mol. The molecule has 7 nitrogen and oxygen atoms in total. The maximum atomic E-state index is 12.2. The van der Waals surface area contributed by atoms with E-state index in [4.69, 9.17) is 31.5 Å². The van der Waals surface area contributed by atoms with E-state index >= 15 is 0 Å². The van der Waals surface area contributed by atoms with Crippen molar-refractivity contribution in [2.24, 2.45) is 0 Å². The summed E-state index contributed by atoms with van der Waals surface area (Å²) < 4.78 is 33.2. The first kappa shape index (κ1) is 20.4. The third kappa shape index (κ3) is 6.07. The van der Waals surface area contributed by atoms with Gasteiger partial charge in [0.05, 0.1) is 31.5 Å². The molecule has 2 aliphatic heterocycles. The molecule has 2 saturated heterocycles. The van der Waals surface area contributed by atoms with Crippen LogP contribution < -0.4 is 0 Å². The topological polar surface area (TPSA) is 94.5 Å². The number of aliphatic hydroxyl groups excluding tert-OH is 2. The average Bonchev–Trinajstić information content (AvgIpc) is 2.92. The molecule has 0 aromatic rings. The van der Waals surface area contributed by atoms with Crippen LogP contribution in [0.2, 0.25) is 0 Å². The third-order valence-corrected chi connectivity index (χ3v) is 4.52. The molecule has 6 atom stereocenters. The molecule has 0 aromatic heterocycles. The molecule has 2 unspecified atom stereocenters. The molecule has 2 rings (SSSR count). The number of ether oxygens (including phenoxy) is 2. The van der Waals surface area contributed by atoms with Crippen LogP contribution in [0.4, 0.5) is 0 Å². The molecule has 10 heteroatoms. The zero-order valence-electron chi connectivity index (χ0n) is 11.8. The molecule has 0 saturated carbocycles. The molecule has 0 aromatic carbocycles. The van der Waals surface area contributed by atoms with Gasteiger partial charge in [-0.15, -0.1) is 6.42 Å². The van der Waals surface area contributed by atoms with Crippen molar-refractivity contribution in [3.8, 4) is 0 Å². The summed E-state index contributed by atoms with van der Waals surface area (Å²) in [7, 11) is 2.25. The van der Waals surface area contributed by atoms with Crippen molar-refractivity contribution in [3.63, 3.8) is 0 Å². The summed E-state index contributed by atoms with van der Waals surface area (Å²) in [6, 6.07) is -0.549. The van der Waals surface area contributed by atoms with E-state index < -0.39 is 38.0 Å². The first-order chi connectivity index (χ1) is 9.41. The molecule has 0 amide bonds. The zero-order chi connectivity index (χ0) is 14.8. The predicted octanol–water partition coefficient (Wildman–Crippen LogP) is -0.202. The Morgan fingerprint density at radius 2 is 2.19 bits per heavy atom. The van der Waals surface area contributed by atoms with Gasteiger partial charge in [0.2, 0.25) is 0 Å². The van der Waals surface area contributed by atoms with E-state index in [2.05, 4.69) is 0 Å². The number of aliphatic hydroxyl groups is 2. The second kappa shape index (κ2) is 9.02. The average molecular weight is 537 g/mol. The Labute approximate surface area is 157 Å². The minimum Gasteiger partial charge on any atom is -0.546 e. The van der Waals surface area contributed by atoms with Crippen LogP contribution in [0, 0.1) is 46.5 Å². The standard InChI is InChI=1S/C11H19BO7P.Th/c1-20(15,17-6-10-7(14)2-3-16-10)19-8-4-11(12)18-9(8)5-13;/h3,7-11,13-14H,2,4-6H2,1H3;/q-1;/t7?,8?,9-,10-,11-,20+;/m1./s1. The molecule has 2 radical (unpaired) electrons. The van der Waals surface area contributed by atoms with Crippen LogP contribution in [0.5, 0.6) is 0 Å². The smallest absolute Gasteiger partial charge is 0.328 e. The molecule has 2 N–H and O–H groups in total. The van der Waals surface area contributed by atoms with Gasteiger partial charge >= 0.3 is 7.60 Å². The number of rotatable bonds is 6.